The van der Waals surface area contributed by atoms with Gasteiger partial charge in [0.05, 0.1) is 6.54 Å². The van der Waals surface area contributed by atoms with Crippen LogP contribution in [0.25, 0.3) is 0 Å². The average Bonchev–Trinajstić information content (AvgIpc) is 2.60. The van der Waals surface area contributed by atoms with Crippen LogP contribution in [0.4, 0.5) is 0 Å². The summed E-state index contributed by atoms with van der Waals surface area (Å²) in [4.78, 5) is 20.2. The Morgan fingerprint density at radius 2 is 1.76 bits per heavy atom. The number of benzene rings is 1. The van der Waals surface area contributed by atoms with E-state index in [-0.39, 0.29) is 5.91 Å². The van der Waals surface area contributed by atoms with Gasteiger partial charge in [0.2, 0.25) is 5.91 Å². The number of piperazine rings is 1. The van der Waals surface area contributed by atoms with Crippen LogP contribution in [0.3, 0.4) is 0 Å². The summed E-state index contributed by atoms with van der Waals surface area (Å²) in [7, 11) is 0. The molecule has 0 aromatic heterocycles. The molecule has 6 nitrogen and oxygen atoms in total. The maximum atomic E-state index is 11.4. The van der Waals surface area contributed by atoms with Gasteiger partial charge in [0.25, 0.3) is 0 Å². The Hall–Kier alpha value is -2.24. The van der Waals surface area contributed by atoms with Crippen LogP contribution in [0, 0.1) is 13.8 Å². The molecule has 2 rings (SSSR count). The molecular weight excluding hydrogens is 316 g/mol. The normalized spacial score (nSPS) is 15.3. The van der Waals surface area contributed by atoms with Crippen LogP contribution < -0.4 is 10.1 Å². The Morgan fingerprint density at radius 3 is 2.32 bits per heavy atom. The van der Waals surface area contributed by atoms with E-state index in [1.54, 1.807) is 6.92 Å². The molecule has 1 fully saturated rings. The van der Waals surface area contributed by atoms with Crippen LogP contribution in [0.15, 0.2) is 23.2 Å². The summed E-state index contributed by atoms with van der Waals surface area (Å²) in [5.41, 5.74) is 2.30. The number of carbonyl (C=O) groups excluding carboxylic acids is 1. The predicted molar refractivity (Wildman–Crippen MR) is 101 cm³/mol. The Morgan fingerprint density at radius 1 is 1.16 bits per heavy atom. The van der Waals surface area contributed by atoms with Gasteiger partial charge >= 0.3 is 0 Å². The third kappa shape index (κ3) is 5.37. The molecule has 1 N–H and O–H groups in total. The van der Waals surface area contributed by atoms with Crippen LogP contribution in [0.5, 0.6) is 5.75 Å². The molecule has 1 aromatic carbocycles. The summed E-state index contributed by atoms with van der Waals surface area (Å²) in [5.74, 6) is 2.00. The minimum Gasteiger partial charge on any atom is -0.491 e. The van der Waals surface area contributed by atoms with E-state index in [1.807, 2.05) is 11.0 Å². The molecule has 6 heteroatoms. The molecule has 0 spiro atoms. The number of aryl methyl sites for hydroxylation is 2. The molecule has 0 saturated carbocycles. The van der Waals surface area contributed by atoms with Gasteiger partial charge in [-0.1, -0.05) is 18.2 Å². The lowest BCUT2D eigenvalue weighted by atomic mass is 10.1. The average molecular weight is 346 g/mol. The second-order valence-electron chi connectivity index (χ2n) is 6.30. The molecule has 1 aromatic rings. The van der Waals surface area contributed by atoms with Gasteiger partial charge in [0.15, 0.2) is 5.96 Å². The summed E-state index contributed by atoms with van der Waals surface area (Å²) in [5, 5.41) is 3.33. The molecule has 1 aliphatic rings. The number of guanidine groups is 1. The van der Waals surface area contributed by atoms with Crippen LogP contribution in [-0.2, 0) is 4.79 Å². The first-order valence-corrected chi connectivity index (χ1v) is 9.00. The zero-order valence-corrected chi connectivity index (χ0v) is 15.8. The first-order valence-electron chi connectivity index (χ1n) is 9.00. The first kappa shape index (κ1) is 19.1. The van der Waals surface area contributed by atoms with Crippen molar-refractivity contribution in [2.45, 2.75) is 27.7 Å². The second-order valence-corrected chi connectivity index (χ2v) is 6.30. The van der Waals surface area contributed by atoms with Crippen molar-refractivity contribution >= 4 is 11.9 Å². The summed E-state index contributed by atoms with van der Waals surface area (Å²) in [6.07, 6.45) is 0. The van der Waals surface area contributed by atoms with Gasteiger partial charge in [0, 0.05) is 39.6 Å². The standard InChI is InChI=1S/C19H30N4O2/c1-5-20-19(23-12-10-22(11-13-23)17(4)24)21-9-14-25-18-15(2)7-6-8-16(18)3/h6-8H,5,9-14H2,1-4H3,(H,20,21). The van der Waals surface area contributed by atoms with Crippen LogP contribution in [0.2, 0.25) is 0 Å². The maximum absolute atomic E-state index is 11.4. The molecule has 1 amide bonds. The Bertz CT molecular complexity index is 587. The van der Waals surface area contributed by atoms with Gasteiger partial charge in [-0.05, 0) is 31.9 Å². The third-order valence-electron chi connectivity index (χ3n) is 4.37. The zero-order valence-electron chi connectivity index (χ0n) is 15.8. The predicted octanol–water partition coefficient (Wildman–Crippen LogP) is 1.81. The van der Waals surface area contributed by atoms with Gasteiger partial charge in [0.1, 0.15) is 12.4 Å². The monoisotopic (exact) mass is 346 g/mol. The SMILES string of the molecule is CCNC(=NCCOc1c(C)cccc1C)N1CCN(C(C)=O)CC1. The number of rotatable bonds is 5. The van der Waals surface area contributed by atoms with E-state index in [1.165, 1.54) is 0 Å². The Balaban J connectivity index is 1.88. The molecule has 0 unspecified atom stereocenters. The number of hydrogen-bond acceptors (Lipinski definition) is 3. The van der Waals surface area contributed by atoms with Gasteiger partial charge in [-0.15, -0.1) is 0 Å². The highest BCUT2D eigenvalue weighted by molar-refractivity contribution is 5.80. The minimum atomic E-state index is 0.142. The summed E-state index contributed by atoms with van der Waals surface area (Å²) >= 11 is 0. The second kappa shape index (κ2) is 9.30. The highest BCUT2D eigenvalue weighted by atomic mass is 16.5. The number of ether oxygens (including phenoxy) is 1. The van der Waals surface area contributed by atoms with Crippen LogP contribution in [0.1, 0.15) is 25.0 Å². The molecule has 1 heterocycles. The van der Waals surface area contributed by atoms with Crippen molar-refractivity contribution in [1.82, 2.24) is 15.1 Å². The summed E-state index contributed by atoms with van der Waals surface area (Å²) < 4.78 is 5.93. The van der Waals surface area contributed by atoms with Crippen LogP contribution >= 0.6 is 0 Å². The fraction of sp³-hybridized carbons (Fsp3) is 0.579. The van der Waals surface area contributed by atoms with Crippen molar-refractivity contribution in [3.63, 3.8) is 0 Å². The van der Waals surface area contributed by atoms with Gasteiger partial charge in [-0.25, -0.2) is 4.99 Å². The van der Waals surface area contributed by atoms with E-state index < -0.39 is 0 Å². The van der Waals surface area contributed by atoms with Gasteiger partial charge in [-0.2, -0.15) is 0 Å². The van der Waals surface area contributed by atoms with E-state index in [4.69, 9.17) is 4.74 Å². The van der Waals surface area contributed by atoms with Crippen molar-refractivity contribution in [2.75, 3.05) is 45.9 Å². The van der Waals surface area contributed by atoms with E-state index >= 15 is 0 Å². The van der Waals surface area contributed by atoms with Crippen molar-refractivity contribution in [2.24, 2.45) is 4.99 Å². The van der Waals surface area contributed by atoms with Crippen molar-refractivity contribution in [3.8, 4) is 5.75 Å². The zero-order chi connectivity index (χ0) is 18.2. The first-order chi connectivity index (χ1) is 12.0. The topological polar surface area (TPSA) is 57.2 Å². The number of carbonyl (C=O) groups is 1. The molecule has 1 saturated heterocycles. The van der Waals surface area contributed by atoms with E-state index in [9.17, 15) is 4.79 Å². The fourth-order valence-electron chi connectivity index (χ4n) is 2.99. The lowest BCUT2D eigenvalue weighted by Gasteiger charge is -2.36. The molecule has 25 heavy (non-hydrogen) atoms. The Labute approximate surface area is 150 Å². The molecule has 0 aliphatic carbocycles. The number of para-hydroxylation sites is 1. The molecule has 0 atom stereocenters. The highest BCUT2D eigenvalue weighted by Crippen LogP contribution is 2.22. The third-order valence-corrected chi connectivity index (χ3v) is 4.37. The number of hydrogen-bond donors (Lipinski definition) is 1. The fourth-order valence-corrected chi connectivity index (χ4v) is 2.99. The smallest absolute Gasteiger partial charge is 0.219 e. The summed E-state index contributed by atoms with van der Waals surface area (Å²) in [6.45, 7) is 12.9. The molecule has 1 aliphatic heterocycles. The molecule has 138 valence electrons. The number of amides is 1. The maximum Gasteiger partial charge on any atom is 0.219 e. The number of nitrogens with one attached hydrogen (secondary N) is 1. The molecule has 0 bridgehead atoms. The lowest BCUT2D eigenvalue weighted by Crippen LogP contribution is -2.53. The Kier molecular flexibility index (Phi) is 7.10. The number of aliphatic imine (C=N–C) groups is 1. The van der Waals surface area contributed by atoms with Gasteiger partial charge in [-0.3, -0.25) is 4.79 Å². The van der Waals surface area contributed by atoms with E-state index in [0.717, 1.165) is 55.6 Å². The molecule has 0 radical (unpaired) electrons. The van der Waals surface area contributed by atoms with Crippen molar-refractivity contribution < 1.29 is 9.53 Å². The highest BCUT2D eigenvalue weighted by Gasteiger charge is 2.20. The van der Waals surface area contributed by atoms with Crippen molar-refractivity contribution in [3.05, 3.63) is 29.3 Å². The van der Waals surface area contributed by atoms with Crippen LogP contribution in [-0.4, -0.2) is 67.5 Å². The largest absolute Gasteiger partial charge is 0.491 e. The van der Waals surface area contributed by atoms with E-state index in [2.05, 4.69) is 48.1 Å². The van der Waals surface area contributed by atoms with Crippen molar-refractivity contribution in [1.29, 1.82) is 0 Å². The lowest BCUT2D eigenvalue weighted by molar-refractivity contribution is -0.130. The van der Waals surface area contributed by atoms with E-state index in [0.29, 0.717) is 13.2 Å². The summed E-state index contributed by atoms with van der Waals surface area (Å²) in [6, 6.07) is 6.16. The minimum absolute atomic E-state index is 0.142. The quantitative estimate of drug-likeness (QED) is 0.502. The molecular formula is C19H30N4O2. The number of nitrogens with zero attached hydrogens (tertiary/aromatic N) is 3. The van der Waals surface area contributed by atoms with Gasteiger partial charge < -0.3 is 19.9 Å².